The van der Waals surface area contributed by atoms with E-state index in [2.05, 4.69) is 10.5 Å². The van der Waals surface area contributed by atoms with Crippen LogP contribution >= 0.6 is 0 Å². The number of likely N-dealkylation sites (N-methyl/N-ethyl adjacent to an activating group) is 1. The molecule has 0 aliphatic heterocycles. The lowest BCUT2D eigenvalue weighted by Gasteiger charge is -2.05. The third-order valence-corrected chi connectivity index (χ3v) is 1.95. The molecule has 2 N–H and O–H groups in total. The number of aldehydes is 1. The summed E-state index contributed by atoms with van der Waals surface area (Å²) in [6.45, 7) is 1.69. The van der Waals surface area contributed by atoms with E-state index in [4.69, 9.17) is 4.52 Å². The van der Waals surface area contributed by atoms with Crippen molar-refractivity contribution in [2.45, 2.75) is 19.4 Å². The van der Waals surface area contributed by atoms with Crippen LogP contribution in [0.2, 0.25) is 0 Å². The first-order chi connectivity index (χ1) is 6.19. The van der Waals surface area contributed by atoms with Gasteiger partial charge in [0.05, 0.1) is 11.6 Å². The van der Waals surface area contributed by atoms with Crippen LogP contribution in [0.25, 0.3) is 0 Å². The normalized spacial score (nSPS) is 12.8. The van der Waals surface area contributed by atoms with E-state index in [1.54, 1.807) is 14.0 Å². The number of rotatable bonds is 4. The van der Waals surface area contributed by atoms with Gasteiger partial charge in [-0.3, -0.25) is 4.79 Å². The van der Waals surface area contributed by atoms with Crippen LogP contribution in [-0.4, -0.2) is 24.5 Å². The Labute approximate surface area is 75.1 Å². The van der Waals surface area contributed by atoms with Crippen molar-refractivity contribution in [2.24, 2.45) is 0 Å². The summed E-state index contributed by atoms with van der Waals surface area (Å²) in [5, 5.41) is 5.00. The maximum absolute atomic E-state index is 11.1. The molecular weight excluding hydrogens is 172 g/mol. The second-order valence-corrected chi connectivity index (χ2v) is 2.80. The summed E-state index contributed by atoms with van der Waals surface area (Å²) in [6, 6.07) is -0.336. The molecule has 0 bridgehead atoms. The first kappa shape index (κ1) is 9.73. The smallest absolute Gasteiger partial charge is 0.283 e. The largest absolute Gasteiger partial charge is 0.384 e. The van der Waals surface area contributed by atoms with Crippen molar-refractivity contribution in [3.05, 3.63) is 21.7 Å². The number of H-pyrrole nitrogens is 1. The molecule has 0 saturated heterocycles. The van der Waals surface area contributed by atoms with Gasteiger partial charge in [0.2, 0.25) is 0 Å². The van der Waals surface area contributed by atoms with Gasteiger partial charge < -0.3 is 14.6 Å². The van der Waals surface area contributed by atoms with Crippen molar-refractivity contribution in [3.8, 4) is 0 Å². The predicted molar refractivity (Wildman–Crippen MR) is 46.7 cm³/mol. The summed E-state index contributed by atoms with van der Waals surface area (Å²) in [4.78, 5) is 21.6. The zero-order valence-electron chi connectivity index (χ0n) is 7.59. The Bertz CT molecular complexity index is 339. The predicted octanol–water partition coefficient (Wildman–Crippen LogP) is -0.394. The molecule has 72 valence electrons. The molecule has 0 radical (unpaired) electrons. The standard InChI is InChI=1S/C8H12N2O3/c1-5-7(8(12)10-13-5)3-6(4-11)9-2/h4,6,9H,3H2,1-2H3,(H,10,12)/t6-/m1/s1. The summed E-state index contributed by atoms with van der Waals surface area (Å²) in [6.07, 6.45) is 1.13. The van der Waals surface area contributed by atoms with Crippen LogP contribution in [0.5, 0.6) is 0 Å². The van der Waals surface area contributed by atoms with Gasteiger partial charge in [-0.1, -0.05) is 0 Å². The van der Waals surface area contributed by atoms with E-state index in [0.29, 0.717) is 17.7 Å². The number of carbonyl (C=O) groups excluding carboxylic acids is 1. The maximum atomic E-state index is 11.1. The van der Waals surface area contributed by atoms with Crippen LogP contribution in [0.3, 0.4) is 0 Å². The third kappa shape index (κ3) is 2.06. The minimum absolute atomic E-state index is 0.264. The maximum Gasteiger partial charge on any atom is 0.283 e. The average Bonchev–Trinajstić information content (AvgIpc) is 2.44. The van der Waals surface area contributed by atoms with Gasteiger partial charge in [0.1, 0.15) is 12.0 Å². The number of aromatic amines is 1. The Balaban J connectivity index is 2.84. The van der Waals surface area contributed by atoms with Gasteiger partial charge in [-0.2, -0.15) is 5.16 Å². The Morgan fingerprint density at radius 2 is 2.38 bits per heavy atom. The molecule has 0 fully saturated rings. The van der Waals surface area contributed by atoms with E-state index in [9.17, 15) is 9.59 Å². The second kappa shape index (κ2) is 4.04. The van der Waals surface area contributed by atoms with Crippen LogP contribution < -0.4 is 10.9 Å². The van der Waals surface area contributed by atoms with E-state index >= 15 is 0 Å². The van der Waals surface area contributed by atoms with E-state index in [0.717, 1.165) is 6.29 Å². The second-order valence-electron chi connectivity index (χ2n) is 2.80. The number of nitrogens with one attached hydrogen (secondary N) is 2. The lowest BCUT2D eigenvalue weighted by atomic mass is 10.1. The van der Waals surface area contributed by atoms with E-state index < -0.39 is 0 Å². The first-order valence-corrected chi connectivity index (χ1v) is 3.98. The van der Waals surface area contributed by atoms with Crippen LogP contribution in [0.1, 0.15) is 11.3 Å². The highest BCUT2D eigenvalue weighted by atomic mass is 16.5. The Kier molecular flexibility index (Phi) is 3.02. The summed E-state index contributed by atoms with van der Waals surface area (Å²) in [5.74, 6) is 0.534. The van der Waals surface area contributed by atoms with E-state index in [1.807, 2.05) is 0 Å². The van der Waals surface area contributed by atoms with Crippen LogP contribution in [0, 0.1) is 6.92 Å². The fourth-order valence-electron chi connectivity index (χ4n) is 1.08. The zero-order valence-corrected chi connectivity index (χ0v) is 7.59. The SMILES string of the molecule is CN[C@@H](C=O)Cc1c(C)o[nH]c1=O. The Morgan fingerprint density at radius 3 is 2.77 bits per heavy atom. The lowest BCUT2D eigenvalue weighted by Crippen LogP contribution is -2.30. The highest BCUT2D eigenvalue weighted by Gasteiger charge is 2.13. The van der Waals surface area contributed by atoms with Gasteiger partial charge in [-0.25, -0.2) is 0 Å². The summed E-state index contributed by atoms with van der Waals surface area (Å²) >= 11 is 0. The van der Waals surface area contributed by atoms with Gasteiger partial charge >= 0.3 is 0 Å². The molecule has 13 heavy (non-hydrogen) atoms. The molecule has 5 heteroatoms. The van der Waals surface area contributed by atoms with Gasteiger partial charge in [-0.05, 0) is 14.0 Å². The fourth-order valence-corrected chi connectivity index (χ4v) is 1.08. The zero-order chi connectivity index (χ0) is 9.84. The van der Waals surface area contributed by atoms with Crippen molar-refractivity contribution < 1.29 is 9.32 Å². The number of aryl methyl sites for hydroxylation is 1. The highest BCUT2D eigenvalue weighted by molar-refractivity contribution is 5.58. The van der Waals surface area contributed by atoms with Crippen LogP contribution in [0.15, 0.2) is 9.32 Å². The molecule has 0 spiro atoms. The minimum Gasteiger partial charge on any atom is -0.384 e. The molecule has 1 atom stereocenters. The third-order valence-electron chi connectivity index (χ3n) is 1.95. The lowest BCUT2D eigenvalue weighted by molar-refractivity contribution is -0.109. The van der Waals surface area contributed by atoms with Gasteiger partial charge in [0, 0.05) is 6.42 Å². The number of hydrogen-bond acceptors (Lipinski definition) is 4. The molecule has 0 aliphatic carbocycles. The van der Waals surface area contributed by atoms with Gasteiger partial charge in [-0.15, -0.1) is 0 Å². The molecule has 0 amide bonds. The summed E-state index contributed by atoms with van der Waals surface area (Å²) in [7, 11) is 1.67. The highest BCUT2D eigenvalue weighted by Crippen LogP contribution is 2.02. The number of aromatic nitrogens is 1. The summed E-state index contributed by atoms with van der Waals surface area (Å²) in [5.41, 5.74) is 0.256. The molecule has 1 aromatic heterocycles. The van der Waals surface area contributed by atoms with Gasteiger partial charge in [0.25, 0.3) is 5.56 Å². The Morgan fingerprint density at radius 1 is 1.69 bits per heavy atom. The number of carbonyl (C=O) groups is 1. The van der Waals surface area contributed by atoms with Crippen molar-refractivity contribution >= 4 is 6.29 Å². The van der Waals surface area contributed by atoms with Crippen molar-refractivity contribution in [1.29, 1.82) is 0 Å². The fraction of sp³-hybridized carbons (Fsp3) is 0.500. The molecule has 0 aromatic carbocycles. The molecule has 0 unspecified atom stereocenters. The van der Waals surface area contributed by atoms with Gasteiger partial charge in [0.15, 0.2) is 0 Å². The molecule has 1 rings (SSSR count). The van der Waals surface area contributed by atoms with Crippen LogP contribution in [0.4, 0.5) is 0 Å². The molecule has 1 aromatic rings. The quantitative estimate of drug-likeness (QED) is 0.625. The molecule has 5 nitrogen and oxygen atoms in total. The van der Waals surface area contributed by atoms with Crippen LogP contribution in [-0.2, 0) is 11.2 Å². The number of hydrogen-bond donors (Lipinski definition) is 2. The first-order valence-electron chi connectivity index (χ1n) is 3.98. The average molecular weight is 184 g/mol. The van der Waals surface area contributed by atoms with Crippen molar-refractivity contribution in [1.82, 2.24) is 10.5 Å². The van der Waals surface area contributed by atoms with E-state index in [-0.39, 0.29) is 11.6 Å². The van der Waals surface area contributed by atoms with E-state index in [1.165, 1.54) is 0 Å². The van der Waals surface area contributed by atoms with Crippen molar-refractivity contribution in [2.75, 3.05) is 7.05 Å². The molecular formula is C8H12N2O3. The Hall–Kier alpha value is -1.36. The summed E-state index contributed by atoms with van der Waals surface area (Å²) < 4.78 is 4.80. The monoisotopic (exact) mass is 184 g/mol. The topological polar surface area (TPSA) is 75.1 Å². The van der Waals surface area contributed by atoms with Crippen molar-refractivity contribution in [3.63, 3.8) is 0 Å². The molecule has 1 heterocycles. The molecule has 0 aliphatic rings. The molecule has 0 saturated carbocycles. The minimum atomic E-state index is -0.336.